The number of sulfonamides is 1. The van der Waals surface area contributed by atoms with E-state index in [4.69, 9.17) is 9.47 Å². The van der Waals surface area contributed by atoms with Crippen molar-refractivity contribution in [3.8, 4) is 11.5 Å². The van der Waals surface area contributed by atoms with Crippen molar-refractivity contribution in [2.45, 2.75) is 43.7 Å². The van der Waals surface area contributed by atoms with Crippen LogP contribution >= 0.6 is 0 Å². The number of ether oxygens (including phenoxy) is 2. The quantitative estimate of drug-likeness (QED) is 0.382. The van der Waals surface area contributed by atoms with Crippen molar-refractivity contribution in [1.29, 1.82) is 0 Å². The van der Waals surface area contributed by atoms with Crippen LogP contribution in [0.2, 0.25) is 0 Å². The summed E-state index contributed by atoms with van der Waals surface area (Å²) in [5.41, 5.74) is 2.19. The molecule has 3 aliphatic rings. The number of hydrogen-bond acceptors (Lipinski definition) is 7. The normalized spacial score (nSPS) is 20.1. The standard InChI is InChI=1S/C33H36N4O7S/c1-21(38)34-25-10-14-27(15-11-25)45(41,42)37-17-16-30-24(20-37)19-36(18-22-6-12-26(43-2)13-7-22)33(40)28-4-3-5-29(31(28)44-30)35-32(39)23-8-9-23/h3-7,10-15,23-24,30H,8-9,16-20H2,1-2H3,(H,34,38)(H,35,39). The smallest absolute Gasteiger partial charge is 0.258 e. The molecule has 1 aliphatic carbocycles. The molecule has 12 heteroatoms. The van der Waals surface area contributed by atoms with E-state index in [1.54, 1.807) is 42.3 Å². The summed E-state index contributed by atoms with van der Waals surface area (Å²) in [4.78, 5) is 40.1. The fraction of sp³-hybridized carbons (Fsp3) is 0.364. The molecule has 236 valence electrons. The molecule has 2 aliphatic heterocycles. The Bertz CT molecular complexity index is 1710. The van der Waals surface area contributed by atoms with E-state index in [0.29, 0.717) is 41.4 Å². The van der Waals surface area contributed by atoms with Crippen molar-refractivity contribution in [3.05, 3.63) is 77.9 Å². The van der Waals surface area contributed by atoms with E-state index in [1.165, 1.54) is 23.4 Å². The van der Waals surface area contributed by atoms with Crippen molar-refractivity contribution < 1.29 is 32.3 Å². The Hall–Kier alpha value is -4.42. The second-order valence-corrected chi connectivity index (χ2v) is 13.7. The van der Waals surface area contributed by atoms with Crippen LogP contribution in [0.25, 0.3) is 0 Å². The van der Waals surface area contributed by atoms with Gasteiger partial charge in [-0.2, -0.15) is 4.31 Å². The zero-order valence-corrected chi connectivity index (χ0v) is 26.0. The lowest BCUT2D eigenvalue weighted by atomic mass is 9.93. The molecule has 2 N–H and O–H groups in total. The summed E-state index contributed by atoms with van der Waals surface area (Å²) in [6, 6.07) is 18.7. The molecular weight excluding hydrogens is 596 g/mol. The van der Waals surface area contributed by atoms with E-state index in [-0.39, 0.29) is 54.1 Å². The maximum absolute atomic E-state index is 14.1. The Balaban J connectivity index is 1.31. The molecule has 0 radical (unpaired) electrons. The van der Waals surface area contributed by atoms with Gasteiger partial charge in [0, 0.05) is 50.6 Å². The molecular formula is C33H36N4O7S. The van der Waals surface area contributed by atoms with E-state index in [2.05, 4.69) is 10.6 Å². The van der Waals surface area contributed by atoms with Gasteiger partial charge >= 0.3 is 0 Å². The predicted molar refractivity (Wildman–Crippen MR) is 168 cm³/mol. The minimum Gasteiger partial charge on any atom is -0.497 e. The van der Waals surface area contributed by atoms with Crippen LogP contribution in [0.4, 0.5) is 11.4 Å². The van der Waals surface area contributed by atoms with Crippen molar-refractivity contribution in [1.82, 2.24) is 9.21 Å². The maximum atomic E-state index is 14.1. The number of para-hydroxylation sites is 1. The third-order valence-electron chi connectivity index (χ3n) is 8.43. The number of benzene rings is 3. The topological polar surface area (TPSA) is 134 Å². The molecule has 2 atom stereocenters. The number of anilines is 2. The van der Waals surface area contributed by atoms with E-state index >= 15 is 0 Å². The monoisotopic (exact) mass is 632 g/mol. The molecule has 3 aromatic carbocycles. The van der Waals surface area contributed by atoms with Crippen LogP contribution in [0.3, 0.4) is 0 Å². The third kappa shape index (κ3) is 6.66. The van der Waals surface area contributed by atoms with Gasteiger partial charge in [-0.25, -0.2) is 8.42 Å². The zero-order chi connectivity index (χ0) is 31.7. The summed E-state index contributed by atoms with van der Waals surface area (Å²) in [6.07, 6.45) is 1.66. The number of nitrogens with zero attached hydrogens (tertiary/aromatic N) is 2. The predicted octanol–water partition coefficient (Wildman–Crippen LogP) is 4.12. The largest absolute Gasteiger partial charge is 0.497 e. The van der Waals surface area contributed by atoms with Crippen LogP contribution in [0.1, 0.15) is 42.1 Å². The SMILES string of the molecule is COc1ccc(CN2CC3CN(S(=O)(=O)c4ccc(NC(C)=O)cc4)CCC3Oc3c(NC(=O)C4CC4)cccc3C2=O)cc1. The number of carbonyl (C=O) groups excluding carboxylic acids is 3. The average molecular weight is 633 g/mol. The van der Waals surface area contributed by atoms with Crippen molar-refractivity contribution in [2.75, 3.05) is 37.4 Å². The molecule has 2 heterocycles. The maximum Gasteiger partial charge on any atom is 0.258 e. The molecule has 1 saturated carbocycles. The molecule has 11 nitrogen and oxygen atoms in total. The van der Waals surface area contributed by atoms with E-state index in [1.807, 2.05) is 24.3 Å². The van der Waals surface area contributed by atoms with Crippen LogP contribution in [0.15, 0.2) is 71.6 Å². The van der Waals surface area contributed by atoms with Gasteiger partial charge in [0.2, 0.25) is 21.8 Å². The molecule has 6 rings (SSSR count). The lowest BCUT2D eigenvalue weighted by Crippen LogP contribution is -2.53. The highest BCUT2D eigenvalue weighted by atomic mass is 32.2. The van der Waals surface area contributed by atoms with Gasteiger partial charge in [0.1, 0.15) is 11.9 Å². The number of amides is 3. The van der Waals surface area contributed by atoms with Crippen LogP contribution < -0.4 is 20.1 Å². The number of hydrogen-bond donors (Lipinski definition) is 2. The van der Waals surface area contributed by atoms with Gasteiger partial charge in [-0.05, 0) is 73.4 Å². The van der Waals surface area contributed by atoms with Gasteiger partial charge in [-0.3, -0.25) is 14.4 Å². The van der Waals surface area contributed by atoms with Gasteiger partial charge in [-0.1, -0.05) is 18.2 Å². The zero-order valence-electron chi connectivity index (χ0n) is 25.2. The van der Waals surface area contributed by atoms with Gasteiger partial charge in [0.05, 0.1) is 23.3 Å². The van der Waals surface area contributed by atoms with Crippen LogP contribution in [-0.2, 0) is 26.2 Å². The number of nitrogens with one attached hydrogen (secondary N) is 2. The third-order valence-corrected chi connectivity index (χ3v) is 10.3. The number of methoxy groups -OCH3 is 1. The van der Waals surface area contributed by atoms with Gasteiger partial charge in [-0.15, -0.1) is 0 Å². The molecule has 0 bridgehead atoms. The van der Waals surface area contributed by atoms with Crippen LogP contribution in [0.5, 0.6) is 11.5 Å². The van der Waals surface area contributed by atoms with Gasteiger partial charge < -0.3 is 25.0 Å². The lowest BCUT2D eigenvalue weighted by Gasteiger charge is -2.42. The molecule has 0 spiro atoms. The average Bonchev–Trinajstić information content (AvgIpc) is 3.88. The number of carbonyl (C=O) groups is 3. The minimum atomic E-state index is -3.87. The van der Waals surface area contributed by atoms with Crippen LogP contribution in [-0.4, -0.2) is 68.2 Å². The molecule has 1 saturated heterocycles. The Kier molecular flexibility index (Phi) is 8.52. The van der Waals surface area contributed by atoms with E-state index in [9.17, 15) is 22.8 Å². The summed E-state index contributed by atoms with van der Waals surface area (Å²) in [6.45, 7) is 2.30. The summed E-state index contributed by atoms with van der Waals surface area (Å²) in [7, 11) is -2.28. The first-order valence-electron chi connectivity index (χ1n) is 15.0. The number of fused-ring (bicyclic) bond motifs is 2. The van der Waals surface area contributed by atoms with Crippen molar-refractivity contribution in [3.63, 3.8) is 0 Å². The fourth-order valence-corrected chi connectivity index (χ4v) is 7.39. The first kappa shape index (κ1) is 30.6. The second kappa shape index (κ2) is 12.5. The Morgan fingerprint density at radius 1 is 0.956 bits per heavy atom. The van der Waals surface area contributed by atoms with Crippen molar-refractivity contribution >= 4 is 39.1 Å². The summed E-state index contributed by atoms with van der Waals surface area (Å²) >= 11 is 0. The lowest BCUT2D eigenvalue weighted by molar-refractivity contribution is -0.117. The molecule has 2 fully saturated rings. The van der Waals surface area contributed by atoms with Gasteiger partial charge in [0.25, 0.3) is 5.91 Å². The Morgan fingerprint density at radius 3 is 2.36 bits per heavy atom. The highest BCUT2D eigenvalue weighted by molar-refractivity contribution is 7.89. The first-order chi connectivity index (χ1) is 21.6. The fourth-order valence-electron chi connectivity index (χ4n) is 5.88. The van der Waals surface area contributed by atoms with E-state index in [0.717, 1.165) is 18.4 Å². The number of rotatable bonds is 8. The number of piperidine rings is 1. The molecule has 3 amide bonds. The summed E-state index contributed by atoms with van der Waals surface area (Å²) in [5.74, 6) is 0.0120. The van der Waals surface area contributed by atoms with Crippen LogP contribution in [0, 0.1) is 11.8 Å². The summed E-state index contributed by atoms with van der Waals surface area (Å²) < 4.78 is 40.8. The Morgan fingerprint density at radius 2 is 1.69 bits per heavy atom. The highest BCUT2D eigenvalue weighted by Crippen LogP contribution is 2.39. The second-order valence-electron chi connectivity index (χ2n) is 11.8. The Labute approximate surface area is 262 Å². The molecule has 0 aromatic heterocycles. The molecule has 3 aromatic rings. The minimum absolute atomic E-state index is 0.0369. The first-order valence-corrected chi connectivity index (χ1v) is 16.5. The van der Waals surface area contributed by atoms with E-state index < -0.39 is 16.1 Å². The van der Waals surface area contributed by atoms with Gasteiger partial charge in [0.15, 0.2) is 5.75 Å². The molecule has 2 unspecified atom stereocenters. The molecule has 45 heavy (non-hydrogen) atoms. The highest BCUT2D eigenvalue weighted by Gasteiger charge is 2.41. The van der Waals surface area contributed by atoms with Crippen molar-refractivity contribution in [2.24, 2.45) is 11.8 Å². The summed E-state index contributed by atoms with van der Waals surface area (Å²) in [5, 5.41) is 5.61.